The maximum absolute atomic E-state index is 8.55. The smallest absolute Gasteiger partial charge is 0.822 e. The van der Waals surface area contributed by atoms with Crippen molar-refractivity contribution in [2.75, 3.05) is 0 Å². The SMILES string of the molecule is O=P([O-])([O-])[O-].O=P([O-])([O-])[O-].[Ni+2].[Zn+2].[Zn+2]. The van der Waals surface area contributed by atoms with Gasteiger partial charge < -0.3 is 38.5 Å². The van der Waals surface area contributed by atoms with Gasteiger partial charge in [0.2, 0.25) is 0 Å². The van der Waals surface area contributed by atoms with Crippen LogP contribution in [0.15, 0.2) is 0 Å². The molecule has 0 aromatic carbocycles. The second-order valence-corrected chi connectivity index (χ2v) is 2.68. The van der Waals surface area contributed by atoms with E-state index < -0.39 is 15.6 Å². The summed E-state index contributed by atoms with van der Waals surface area (Å²) >= 11 is 0. The quantitative estimate of drug-likeness (QED) is 0.296. The van der Waals surface area contributed by atoms with Crippen molar-refractivity contribution in [3.8, 4) is 0 Å². The van der Waals surface area contributed by atoms with Crippen molar-refractivity contribution in [3.05, 3.63) is 0 Å². The van der Waals surface area contributed by atoms with Crippen LogP contribution in [0.5, 0.6) is 0 Å². The van der Waals surface area contributed by atoms with Crippen molar-refractivity contribution in [2.45, 2.75) is 0 Å². The van der Waals surface area contributed by atoms with Crippen LogP contribution in [0.3, 0.4) is 0 Å². The standard InChI is InChI=1S/Ni.2H3O4P.2Zn/c;2*1-5(2,3)4;;/h;2*(H3,1,2,3,4);;/q+2;;;2*+2/p-6. The van der Waals surface area contributed by atoms with E-state index in [1.165, 1.54) is 0 Å². The molecule has 72 valence electrons. The van der Waals surface area contributed by atoms with Gasteiger partial charge >= 0.3 is 55.4 Å². The first-order chi connectivity index (χ1) is 4.00. The van der Waals surface area contributed by atoms with Gasteiger partial charge in [0.1, 0.15) is 0 Å². The Morgan fingerprint density at radius 2 is 0.615 bits per heavy atom. The molecule has 0 aliphatic rings. The van der Waals surface area contributed by atoms with Gasteiger partial charge in [0.25, 0.3) is 0 Å². The average molecular weight is 379 g/mol. The molecule has 13 heteroatoms. The molecule has 0 unspecified atom stereocenters. The van der Waals surface area contributed by atoms with Crippen molar-refractivity contribution in [2.24, 2.45) is 0 Å². The molecule has 0 aliphatic heterocycles. The average Bonchev–Trinajstić information content (AvgIpc) is 1.12. The first-order valence-electron chi connectivity index (χ1n) is 1.46. The molecule has 0 atom stereocenters. The topological polar surface area (TPSA) is 172 Å². The molecule has 0 spiro atoms. The third-order valence-corrected chi connectivity index (χ3v) is 0. The van der Waals surface area contributed by atoms with Gasteiger partial charge in [-0.2, -0.15) is 15.6 Å². The van der Waals surface area contributed by atoms with Gasteiger partial charge in [0.15, 0.2) is 0 Å². The van der Waals surface area contributed by atoms with E-state index in [-0.39, 0.29) is 55.4 Å². The molecule has 0 aromatic heterocycles. The third-order valence-electron chi connectivity index (χ3n) is 0. The number of phosphoric acid groups is 2. The van der Waals surface area contributed by atoms with Gasteiger partial charge in [-0.15, -0.1) is 0 Å². The van der Waals surface area contributed by atoms with Crippen LogP contribution in [0.1, 0.15) is 0 Å². The summed E-state index contributed by atoms with van der Waals surface area (Å²) < 4.78 is 17.1. The van der Waals surface area contributed by atoms with Crippen LogP contribution in [-0.2, 0) is 64.6 Å². The van der Waals surface area contributed by atoms with E-state index in [2.05, 4.69) is 0 Å². The molecule has 0 fully saturated rings. The zero-order valence-corrected chi connectivity index (χ0v) is 14.6. The fourth-order valence-electron chi connectivity index (χ4n) is 0. The van der Waals surface area contributed by atoms with Crippen LogP contribution in [0, 0.1) is 0 Å². The summed E-state index contributed by atoms with van der Waals surface area (Å²) in [4.78, 5) is 51.3. The van der Waals surface area contributed by atoms with E-state index in [0.717, 1.165) is 0 Å². The fourth-order valence-corrected chi connectivity index (χ4v) is 0. The minimum atomic E-state index is -5.39. The van der Waals surface area contributed by atoms with E-state index in [9.17, 15) is 0 Å². The Balaban J connectivity index is -0.0000000267. The summed E-state index contributed by atoms with van der Waals surface area (Å²) in [6.45, 7) is 0. The van der Waals surface area contributed by atoms with Gasteiger partial charge in [-0.1, -0.05) is 0 Å². The Morgan fingerprint density at radius 1 is 0.615 bits per heavy atom. The predicted molar refractivity (Wildman–Crippen MR) is 15.2 cm³/mol. The van der Waals surface area contributed by atoms with E-state index in [4.69, 9.17) is 38.5 Å². The molecule has 8 nitrogen and oxygen atoms in total. The molecule has 13 heavy (non-hydrogen) atoms. The van der Waals surface area contributed by atoms with Crippen LogP contribution in [0.4, 0.5) is 0 Å². The number of rotatable bonds is 0. The minimum absolute atomic E-state index is 0. The maximum Gasteiger partial charge on any atom is 2.00 e. The zero-order valence-electron chi connectivity index (χ0n) is 5.89. The van der Waals surface area contributed by atoms with E-state index in [1.54, 1.807) is 0 Å². The van der Waals surface area contributed by atoms with Crippen molar-refractivity contribution in [1.29, 1.82) is 0 Å². The molecular weight excluding hydrogens is 379 g/mol. The normalized spacial score (nSPS) is 9.08. The predicted octanol–water partition coefficient (Wildman–Crippen LogP) is -5.66. The van der Waals surface area contributed by atoms with Crippen LogP contribution < -0.4 is 29.4 Å². The Bertz CT molecular complexity index is 132. The van der Waals surface area contributed by atoms with Crippen LogP contribution >= 0.6 is 15.6 Å². The van der Waals surface area contributed by atoms with Crippen molar-refractivity contribution < 1.29 is 93.9 Å². The zero-order chi connectivity index (χ0) is 9.00. The van der Waals surface area contributed by atoms with Crippen LogP contribution in [-0.4, -0.2) is 0 Å². The van der Waals surface area contributed by atoms with Gasteiger partial charge in [0, 0.05) is 0 Å². The van der Waals surface area contributed by atoms with Gasteiger partial charge in [-0.3, -0.25) is 0 Å². The van der Waals surface area contributed by atoms with Crippen LogP contribution in [0.2, 0.25) is 0 Å². The van der Waals surface area contributed by atoms with Gasteiger partial charge in [0.05, 0.1) is 0 Å². The Hall–Kier alpha value is 1.96. The maximum atomic E-state index is 8.55. The van der Waals surface area contributed by atoms with Crippen molar-refractivity contribution in [1.82, 2.24) is 0 Å². The molecule has 0 saturated carbocycles. The van der Waals surface area contributed by atoms with Crippen molar-refractivity contribution >= 4 is 15.6 Å². The summed E-state index contributed by atoms with van der Waals surface area (Å²) in [5, 5.41) is 0. The summed E-state index contributed by atoms with van der Waals surface area (Å²) in [5.41, 5.74) is 0. The Labute approximate surface area is 109 Å². The molecule has 0 aliphatic carbocycles. The van der Waals surface area contributed by atoms with Crippen molar-refractivity contribution in [3.63, 3.8) is 0 Å². The fraction of sp³-hybridized carbons (Fsp3) is 0. The molecule has 0 amide bonds. The summed E-state index contributed by atoms with van der Waals surface area (Å²) in [6, 6.07) is 0. The van der Waals surface area contributed by atoms with Crippen LogP contribution in [0.25, 0.3) is 0 Å². The largest absolute Gasteiger partial charge is 2.00 e. The van der Waals surface area contributed by atoms with E-state index in [1.807, 2.05) is 0 Å². The first kappa shape index (κ1) is 29.4. The van der Waals surface area contributed by atoms with Gasteiger partial charge in [-0.05, 0) is 0 Å². The summed E-state index contributed by atoms with van der Waals surface area (Å²) in [7, 11) is -10.8. The molecule has 0 aromatic rings. The number of hydrogen-bond acceptors (Lipinski definition) is 8. The molecular formula is NiO8P2Zn2. The summed E-state index contributed by atoms with van der Waals surface area (Å²) in [6.07, 6.45) is 0. The monoisotopic (exact) mass is 376 g/mol. The molecule has 0 rings (SSSR count). The minimum Gasteiger partial charge on any atom is -0.822 e. The van der Waals surface area contributed by atoms with E-state index >= 15 is 0 Å². The van der Waals surface area contributed by atoms with E-state index in [0.29, 0.717) is 0 Å². The van der Waals surface area contributed by atoms with Gasteiger partial charge in [-0.25, -0.2) is 0 Å². The second-order valence-electron chi connectivity index (χ2n) is 0.894. The molecule has 0 radical (unpaired) electrons. The Morgan fingerprint density at radius 3 is 0.615 bits per heavy atom. The molecule has 0 heterocycles. The molecule has 0 saturated heterocycles. The second kappa shape index (κ2) is 12.0. The molecule has 0 bridgehead atoms. The summed E-state index contributed by atoms with van der Waals surface area (Å²) in [5.74, 6) is 0. The number of hydrogen-bond donors (Lipinski definition) is 0. The Kier molecular flexibility index (Phi) is 27.2. The third kappa shape index (κ3) is 520. The molecule has 0 N–H and O–H groups in total. The first-order valence-corrected chi connectivity index (χ1v) is 4.38.